The molecule has 0 amide bonds. The van der Waals surface area contributed by atoms with E-state index in [2.05, 4.69) is 0 Å². The quantitative estimate of drug-likeness (QED) is 0.261. The molecule has 1 rings (SSSR count). The first-order chi connectivity index (χ1) is 8.93. The molecule has 106 valence electrons. The first-order valence-corrected chi connectivity index (χ1v) is 6.44. The zero-order valence-electron chi connectivity index (χ0n) is 12.2. The number of hydroxylamine groups is 1. The average Bonchev–Trinajstić information content (AvgIpc) is 2.36. The van der Waals surface area contributed by atoms with Gasteiger partial charge in [-0.15, -0.1) is 0 Å². The second kappa shape index (κ2) is 7.14. The fraction of sp³-hybridized carbons (Fsp3) is 0.533. The zero-order chi connectivity index (χ0) is 14.3. The lowest BCUT2D eigenvalue weighted by Gasteiger charge is -2.18. The van der Waals surface area contributed by atoms with Crippen LogP contribution in [0.3, 0.4) is 0 Å². The van der Waals surface area contributed by atoms with Gasteiger partial charge in [0.1, 0.15) is 5.75 Å². The molecule has 0 radical (unpaired) electrons. The van der Waals surface area contributed by atoms with E-state index in [1.165, 1.54) is 5.56 Å². The highest BCUT2D eigenvalue weighted by atomic mass is 16.7. The van der Waals surface area contributed by atoms with Gasteiger partial charge in [-0.25, -0.2) is 4.74 Å². The molecule has 0 fully saturated rings. The van der Waals surface area contributed by atoms with Crippen molar-refractivity contribution in [2.45, 2.75) is 39.2 Å². The van der Waals surface area contributed by atoms with E-state index in [9.17, 15) is 5.21 Å². The number of rotatable bonds is 6. The van der Waals surface area contributed by atoms with Gasteiger partial charge >= 0.3 is 0 Å². The summed E-state index contributed by atoms with van der Waals surface area (Å²) in [6.45, 7) is 5.96. The summed E-state index contributed by atoms with van der Waals surface area (Å²) in [6.07, 6.45) is 3.29. The maximum Gasteiger partial charge on any atom is 0.188 e. The summed E-state index contributed by atoms with van der Waals surface area (Å²) in [6, 6.07) is 7.83. The van der Waals surface area contributed by atoms with Crippen LogP contribution in [0.4, 0.5) is 0 Å². The van der Waals surface area contributed by atoms with E-state index in [4.69, 9.17) is 9.47 Å². The number of aryl methyl sites for hydroxylation is 1. The third-order valence-corrected chi connectivity index (χ3v) is 2.66. The molecule has 1 aromatic rings. The fourth-order valence-electron chi connectivity index (χ4n) is 1.50. The molecular formula is C15H23NO3. The van der Waals surface area contributed by atoms with E-state index in [0.29, 0.717) is 0 Å². The molecule has 0 bridgehead atoms. The van der Waals surface area contributed by atoms with Crippen molar-refractivity contribution in [1.29, 1.82) is 0 Å². The third-order valence-electron chi connectivity index (χ3n) is 2.66. The third kappa shape index (κ3) is 5.75. The Morgan fingerprint density at radius 1 is 1.21 bits per heavy atom. The molecule has 0 heterocycles. The topological polar surface area (TPSA) is 44.5 Å². The maximum atomic E-state index is 11.7. The summed E-state index contributed by atoms with van der Waals surface area (Å²) in [4.78, 5) is 0. The average molecular weight is 265 g/mol. The molecule has 0 N–H and O–H groups in total. The minimum Gasteiger partial charge on any atom is -0.624 e. The van der Waals surface area contributed by atoms with E-state index in [1.54, 1.807) is 13.3 Å². The van der Waals surface area contributed by atoms with E-state index in [1.807, 2.05) is 45.0 Å². The SMILES string of the molecule is COCOc1ccc(CCC=[N+]([O-])C(C)(C)C)cc1. The van der Waals surface area contributed by atoms with Gasteiger partial charge < -0.3 is 14.7 Å². The minimum atomic E-state index is -0.363. The molecule has 0 saturated heterocycles. The Balaban J connectivity index is 2.46. The Morgan fingerprint density at radius 3 is 2.37 bits per heavy atom. The van der Waals surface area contributed by atoms with Crippen LogP contribution in [-0.4, -0.2) is 30.4 Å². The van der Waals surface area contributed by atoms with Crippen molar-refractivity contribution in [3.63, 3.8) is 0 Å². The van der Waals surface area contributed by atoms with Crippen molar-refractivity contribution in [2.24, 2.45) is 0 Å². The van der Waals surface area contributed by atoms with Crippen LogP contribution >= 0.6 is 0 Å². The highest BCUT2D eigenvalue weighted by molar-refractivity contribution is 5.52. The van der Waals surface area contributed by atoms with Crippen molar-refractivity contribution in [2.75, 3.05) is 13.9 Å². The molecular weight excluding hydrogens is 242 g/mol. The molecule has 0 spiro atoms. The number of methoxy groups -OCH3 is 1. The van der Waals surface area contributed by atoms with E-state index < -0.39 is 0 Å². The summed E-state index contributed by atoms with van der Waals surface area (Å²) < 4.78 is 11.2. The van der Waals surface area contributed by atoms with E-state index >= 15 is 0 Å². The second-order valence-electron chi connectivity index (χ2n) is 5.41. The maximum absolute atomic E-state index is 11.7. The molecule has 4 nitrogen and oxygen atoms in total. The summed E-state index contributed by atoms with van der Waals surface area (Å²) in [7, 11) is 1.59. The van der Waals surface area contributed by atoms with Crippen LogP contribution in [-0.2, 0) is 11.2 Å². The van der Waals surface area contributed by atoms with Crippen molar-refractivity contribution in [3.05, 3.63) is 35.0 Å². The molecule has 0 atom stereocenters. The van der Waals surface area contributed by atoms with Gasteiger partial charge in [0.25, 0.3) is 0 Å². The predicted octanol–water partition coefficient (Wildman–Crippen LogP) is 2.98. The Kier molecular flexibility index (Phi) is 5.83. The van der Waals surface area contributed by atoms with Crippen LogP contribution in [0.15, 0.2) is 24.3 Å². The number of hydrogen-bond donors (Lipinski definition) is 0. The van der Waals surface area contributed by atoms with Crippen molar-refractivity contribution in [3.8, 4) is 5.75 Å². The summed E-state index contributed by atoms with van der Waals surface area (Å²) in [5, 5.41) is 11.7. The van der Waals surface area contributed by atoms with Gasteiger partial charge in [-0.1, -0.05) is 12.1 Å². The molecule has 0 aromatic heterocycles. The monoisotopic (exact) mass is 265 g/mol. The van der Waals surface area contributed by atoms with Crippen LogP contribution in [0.5, 0.6) is 5.75 Å². The van der Waals surface area contributed by atoms with Crippen LogP contribution in [0.25, 0.3) is 0 Å². The number of ether oxygens (including phenoxy) is 2. The van der Waals surface area contributed by atoms with Gasteiger partial charge in [0, 0.05) is 34.3 Å². The van der Waals surface area contributed by atoms with E-state index in [-0.39, 0.29) is 12.3 Å². The molecule has 0 unspecified atom stereocenters. The normalized spacial score (nSPS) is 12.5. The molecule has 0 saturated carbocycles. The zero-order valence-corrected chi connectivity index (χ0v) is 12.2. The van der Waals surface area contributed by atoms with Gasteiger partial charge in [-0.3, -0.25) is 0 Å². The van der Waals surface area contributed by atoms with Gasteiger partial charge in [-0.05, 0) is 24.1 Å². The van der Waals surface area contributed by atoms with Crippen LogP contribution < -0.4 is 4.74 Å². The van der Waals surface area contributed by atoms with Crippen LogP contribution in [0, 0.1) is 5.21 Å². The Labute approximate surface area is 115 Å². The molecule has 0 aliphatic carbocycles. The fourth-order valence-corrected chi connectivity index (χ4v) is 1.50. The van der Waals surface area contributed by atoms with Crippen LogP contribution in [0.1, 0.15) is 32.8 Å². The second-order valence-corrected chi connectivity index (χ2v) is 5.41. The predicted molar refractivity (Wildman–Crippen MR) is 76.7 cm³/mol. The number of hydrogen-bond acceptors (Lipinski definition) is 3. The Hall–Kier alpha value is -1.55. The number of benzene rings is 1. The summed E-state index contributed by atoms with van der Waals surface area (Å²) in [5.74, 6) is 0.787. The first-order valence-electron chi connectivity index (χ1n) is 6.44. The molecule has 4 heteroatoms. The lowest BCUT2D eigenvalue weighted by atomic mass is 10.1. The lowest BCUT2D eigenvalue weighted by Crippen LogP contribution is -2.29. The van der Waals surface area contributed by atoms with E-state index in [0.717, 1.165) is 23.3 Å². The Bertz CT molecular complexity index is 404. The molecule has 0 aliphatic heterocycles. The molecule has 1 aromatic carbocycles. The highest BCUT2D eigenvalue weighted by Gasteiger charge is 2.17. The standard InChI is InChI=1S/C15H23NO3/c1-15(2,3)16(17)11-5-6-13-7-9-14(10-8-13)19-12-18-4/h7-11H,5-6,12H2,1-4H3. The smallest absolute Gasteiger partial charge is 0.188 e. The van der Waals surface area contributed by atoms with Crippen molar-refractivity contribution < 1.29 is 14.2 Å². The summed E-state index contributed by atoms with van der Waals surface area (Å²) >= 11 is 0. The first kappa shape index (κ1) is 15.5. The Morgan fingerprint density at radius 2 is 1.84 bits per heavy atom. The van der Waals surface area contributed by atoms with Crippen molar-refractivity contribution >= 4 is 6.21 Å². The van der Waals surface area contributed by atoms with Crippen molar-refractivity contribution in [1.82, 2.24) is 0 Å². The van der Waals surface area contributed by atoms with Gasteiger partial charge in [-0.2, -0.15) is 0 Å². The van der Waals surface area contributed by atoms with Gasteiger partial charge in [0.05, 0.1) is 0 Å². The minimum absolute atomic E-state index is 0.254. The summed E-state index contributed by atoms with van der Waals surface area (Å²) in [5.41, 5.74) is 0.820. The largest absolute Gasteiger partial charge is 0.624 e. The molecule has 0 aliphatic rings. The van der Waals surface area contributed by atoms with Gasteiger partial charge in [0.2, 0.25) is 0 Å². The highest BCUT2D eigenvalue weighted by Crippen LogP contribution is 2.13. The van der Waals surface area contributed by atoms with Gasteiger partial charge in [0.15, 0.2) is 18.5 Å². The number of nitrogens with zero attached hydrogens (tertiary/aromatic N) is 1. The molecule has 19 heavy (non-hydrogen) atoms. The van der Waals surface area contributed by atoms with Crippen LogP contribution in [0.2, 0.25) is 0 Å². The lowest BCUT2D eigenvalue weighted by molar-refractivity contribution is -0.532.